The van der Waals surface area contributed by atoms with Gasteiger partial charge in [-0.1, -0.05) is 18.7 Å². The van der Waals surface area contributed by atoms with E-state index in [2.05, 4.69) is 11.7 Å². The van der Waals surface area contributed by atoms with Gasteiger partial charge in [-0.3, -0.25) is 9.89 Å². The second-order valence-electron chi connectivity index (χ2n) is 5.75. The molecule has 1 N–H and O–H groups in total. The summed E-state index contributed by atoms with van der Waals surface area (Å²) in [6.45, 7) is 3.90. The Balaban J connectivity index is 2.07. The van der Waals surface area contributed by atoms with Crippen molar-refractivity contribution in [2.45, 2.75) is 0 Å². The molecule has 0 spiro atoms. The quantitative estimate of drug-likeness (QED) is 0.796. The number of aromatic amines is 1. The Morgan fingerprint density at radius 3 is 2.29 bits per heavy atom. The van der Waals surface area contributed by atoms with Crippen LogP contribution in [0.5, 0.6) is 0 Å². The third-order valence-corrected chi connectivity index (χ3v) is 3.81. The molecule has 122 valence electrons. The summed E-state index contributed by atoms with van der Waals surface area (Å²) in [4.78, 5) is 14.6. The van der Waals surface area contributed by atoms with Crippen molar-refractivity contribution in [1.29, 1.82) is 0 Å². The number of halogens is 1. The summed E-state index contributed by atoms with van der Waals surface area (Å²) >= 11 is 0. The molecule has 0 bridgehead atoms. The van der Waals surface area contributed by atoms with Crippen molar-refractivity contribution in [3.8, 4) is 5.69 Å². The molecule has 0 aliphatic carbocycles. The minimum atomic E-state index is -0.346. The number of benzene rings is 2. The van der Waals surface area contributed by atoms with E-state index in [1.807, 2.05) is 43.3 Å². The zero-order valence-corrected chi connectivity index (χ0v) is 13.6. The van der Waals surface area contributed by atoms with E-state index in [1.54, 1.807) is 18.2 Å². The first-order chi connectivity index (χ1) is 11.5. The smallest absolute Gasteiger partial charge is 0.279 e. The molecule has 1 heterocycles. The summed E-state index contributed by atoms with van der Waals surface area (Å²) in [6.07, 6.45) is 1.79. The molecule has 4 nitrogen and oxygen atoms in total. The largest absolute Gasteiger partial charge is 0.378 e. The highest BCUT2D eigenvalue weighted by Crippen LogP contribution is 2.12. The standard InChI is InChI=1S/C19H18FN3O/c1-13-18(12-14-4-8-16(9-5-14)22(2)3)19(24)23(21-13)17-10-6-15(20)7-11-17/h4-12,21H,1H2,2-3H3/b18-12-. The molecule has 0 fully saturated rings. The van der Waals surface area contributed by atoms with Crippen molar-refractivity contribution >= 4 is 18.3 Å². The van der Waals surface area contributed by atoms with E-state index in [1.165, 1.54) is 16.8 Å². The van der Waals surface area contributed by atoms with Gasteiger partial charge in [0.2, 0.25) is 0 Å². The molecular weight excluding hydrogens is 305 g/mol. The first kappa shape index (κ1) is 15.8. The van der Waals surface area contributed by atoms with Crippen LogP contribution in [0.25, 0.3) is 18.3 Å². The van der Waals surface area contributed by atoms with Crippen LogP contribution in [-0.2, 0) is 0 Å². The number of nitrogens with zero attached hydrogens (tertiary/aromatic N) is 2. The molecule has 5 heteroatoms. The fourth-order valence-electron chi connectivity index (χ4n) is 2.45. The molecule has 0 radical (unpaired) electrons. The fraction of sp³-hybridized carbons (Fsp3) is 0.105. The zero-order valence-electron chi connectivity index (χ0n) is 13.6. The maximum Gasteiger partial charge on any atom is 0.279 e. The van der Waals surface area contributed by atoms with E-state index in [9.17, 15) is 9.18 Å². The van der Waals surface area contributed by atoms with Crippen LogP contribution < -0.4 is 21.0 Å². The van der Waals surface area contributed by atoms with E-state index in [0.717, 1.165) is 11.3 Å². The minimum Gasteiger partial charge on any atom is -0.378 e. The molecule has 0 unspecified atom stereocenters. The Morgan fingerprint density at radius 2 is 1.71 bits per heavy atom. The monoisotopic (exact) mass is 323 g/mol. The number of nitrogens with one attached hydrogen (secondary N) is 1. The second-order valence-corrected chi connectivity index (χ2v) is 5.75. The van der Waals surface area contributed by atoms with Crippen LogP contribution in [0.2, 0.25) is 0 Å². The Bertz CT molecular complexity index is 1010. The molecule has 3 aromatic rings. The van der Waals surface area contributed by atoms with Crippen molar-refractivity contribution in [1.82, 2.24) is 9.78 Å². The van der Waals surface area contributed by atoms with E-state index in [0.29, 0.717) is 16.3 Å². The number of anilines is 1. The van der Waals surface area contributed by atoms with E-state index >= 15 is 0 Å². The number of H-pyrrole nitrogens is 1. The lowest BCUT2D eigenvalue weighted by Crippen LogP contribution is -2.33. The number of hydrogen-bond donors (Lipinski definition) is 1. The number of hydrogen-bond acceptors (Lipinski definition) is 2. The van der Waals surface area contributed by atoms with Gasteiger partial charge in [0.05, 0.1) is 16.3 Å². The van der Waals surface area contributed by atoms with Crippen LogP contribution in [0.3, 0.4) is 0 Å². The van der Waals surface area contributed by atoms with Crippen LogP contribution >= 0.6 is 0 Å². The van der Waals surface area contributed by atoms with Gasteiger partial charge >= 0.3 is 0 Å². The van der Waals surface area contributed by atoms with Crippen molar-refractivity contribution in [2.75, 3.05) is 19.0 Å². The van der Waals surface area contributed by atoms with Gasteiger partial charge in [0.15, 0.2) is 0 Å². The molecule has 0 amide bonds. The highest BCUT2D eigenvalue weighted by molar-refractivity contribution is 5.55. The summed E-state index contributed by atoms with van der Waals surface area (Å²) in [5.74, 6) is -0.346. The summed E-state index contributed by atoms with van der Waals surface area (Å²) in [6, 6.07) is 13.6. The van der Waals surface area contributed by atoms with Crippen LogP contribution in [0.4, 0.5) is 10.1 Å². The van der Waals surface area contributed by atoms with Gasteiger partial charge in [-0.15, -0.1) is 0 Å². The molecule has 0 saturated heterocycles. The zero-order chi connectivity index (χ0) is 17.3. The second kappa shape index (κ2) is 6.20. The van der Waals surface area contributed by atoms with Gasteiger partial charge in [0.25, 0.3) is 5.56 Å². The average Bonchev–Trinajstić information content (AvgIpc) is 2.84. The predicted molar refractivity (Wildman–Crippen MR) is 95.5 cm³/mol. The average molecular weight is 323 g/mol. The third kappa shape index (κ3) is 3.01. The normalized spacial score (nSPS) is 11.7. The lowest BCUT2D eigenvalue weighted by molar-refractivity contribution is 0.627. The molecule has 0 saturated carbocycles. The van der Waals surface area contributed by atoms with Crippen LogP contribution in [0.15, 0.2) is 53.3 Å². The molecule has 0 aliphatic heterocycles. The van der Waals surface area contributed by atoms with E-state index < -0.39 is 0 Å². The lowest BCUT2D eigenvalue weighted by atomic mass is 10.1. The Labute approximate surface area is 138 Å². The first-order valence-corrected chi connectivity index (χ1v) is 7.51. The van der Waals surface area contributed by atoms with E-state index in [-0.39, 0.29) is 11.4 Å². The molecule has 24 heavy (non-hydrogen) atoms. The highest BCUT2D eigenvalue weighted by atomic mass is 19.1. The predicted octanol–water partition coefficient (Wildman–Crippen LogP) is 1.61. The topological polar surface area (TPSA) is 41.0 Å². The molecule has 0 atom stereocenters. The summed E-state index contributed by atoms with van der Waals surface area (Å²) in [5, 5.41) is 3.93. The van der Waals surface area contributed by atoms with Crippen molar-refractivity contribution in [3.05, 3.63) is 80.8 Å². The minimum absolute atomic E-state index is 0.219. The lowest BCUT2D eigenvalue weighted by Gasteiger charge is -2.11. The van der Waals surface area contributed by atoms with Gasteiger partial charge in [0, 0.05) is 19.8 Å². The maximum atomic E-state index is 13.0. The molecule has 1 aromatic heterocycles. The molecular formula is C19H18FN3O. The van der Waals surface area contributed by atoms with Gasteiger partial charge in [0.1, 0.15) is 5.82 Å². The SMILES string of the molecule is C=c1[nH]n(-c2ccc(F)cc2)c(=O)/c1=C\c1ccc(N(C)C)cc1. The molecule has 2 aromatic carbocycles. The Morgan fingerprint density at radius 1 is 1.08 bits per heavy atom. The van der Waals surface area contributed by atoms with Crippen molar-refractivity contribution < 1.29 is 4.39 Å². The first-order valence-electron chi connectivity index (χ1n) is 7.51. The summed E-state index contributed by atoms with van der Waals surface area (Å²) in [7, 11) is 3.95. The summed E-state index contributed by atoms with van der Waals surface area (Å²) < 4.78 is 14.4. The van der Waals surface area contributed by atoms with Crippen molar-refractivity contribution in [3.63, 3.8) is 0 Å². The van der Waals surface area contributed by atoms with Gasteiger partial charge in [-0.25, -0.2) is 9.07 Å². The Hall–Kier alpha value is -3.08. The number of rotatable bonds is 3. The van der Waals surface area contributed by atoms with Crippen LogP contribution in [0.1, 0.15) is 5.56 Å². The van der Waals surface area contributed by atoms with Crippen LogP contribution in [0, 0.1) is 5.82 Å². The maximum absolute atomic E-state index is 13.0. The van der Waals surface area contributed by atoms with Crippen LogP contribution in [-0.4, -0.2) is 23.9 Å². The van der Waals surface area contributed by atoms with Gasteiger partial charge in [-0.05, 0) is 48.0 Å². The third-order valence-electron chi connectivity index (χ3n) is 3.81. The number of aromatic nitrogens is 2. The van der Waals surface area contributed by atoms with Crippen molar-refractivity contribution in [2.24, 2.45) is 0 Å². The Kier molecular flexibility index (Phi) is 4.08. The molecule has 0 aliphatic rings. The van der Waals surface area contributed by atoms with Gasteiger partial charge in [-0.2, -0.15) is 0 Å². The van der Waals surface area contributed by atoms with Gasteiger partial charge < -0.3 is 4.90 Å². The fourth-order valence-corrected chi connectivity index (χ4v) is 2.45. The highest BCUT2D eigenvalue weighted by Gasteiger charge is 2.05. The summed E-state index contributed by atoms with van der Waals surface area (Å²) in [5.41, 5.74) is 2.34. The molecule has 3 rings (SSSR count). The van der Waals surface area contributed by atoms with E-state index in [4.69, 9.17) is 0 Å².